The normalized spacial score (nSPS) is 17.9. The Morgan fingerprint density at radius 1 is 1.21 bits per heavy atom. The standard InChI is InChI=1S/C20H24N4O3.2ClH/c1-13-11-14(7-9-22-13)19(25)24-16-5-3-4-6-18(16)27-15-8-10-23-17(12-15)20(26)21-2;;/h3-6,8,10,12-14,22H,7,9,11H2,1-2H3,(H,21,26)(H,24,25);2*1H/t13-,14-;;/m0../s1. The molecule has 0 aliphatic carbocycles. The van der Waals surface area contributed by atoms with Crippen LogP contribution in [0.3, 0.4) is 0 Å². The third kappa shape index (κ3) is 6.59. The summed E-state index contributed by atoms with van der Waals surface area (Å²) in [6.07, 6.45) is 3.14. The average molecular weight is 441 g/mol. The minimum Gasteiger partial charge on any atom is -0.455 e. The van der Waals surface area contributed by atoms with Crippen molar-refractivity contribution in [2.45, 2.75) is 25.8 Å². The number of aromatic nitrogens is 1. The topological polar surface area (TPSA) is 92.4 Å². The molecule has 2 aromatic rings. The van der Waals surface area contributed by atoms with Gasteiger partial charge in [0.15, 0.2) is 5.75 Å². The van der Waals surface area contributed by atoms with E-state index in [9.17, 15) is 9.59 Å². The quantitative estimate of drug-likeness (QED) is 0.662. The monoisotopic (exact) mass is 440 g/mol. The molecule has 1 saturated heterocycles. The van der Waals surface area contributed by atoms with Gasteiger partial charge in [-0.15, -0.1) is 24.8 Å². The van der Waals surface area contributed by atoms with E-state index in [1.807, 2.05) is 12.1 Å². The fourth-order valence-electron chi connectivity index (χ4n) is 3.12. The van der Waals surface area contributed by atoms with E-state index in [1.54, 1.807) is 31.3 Å². The van der Waals surface area contributed by atoms with Crippen molar-refractivity contribution < 1.29 is 14.3 Å². The van der Waals surface area contributed by atoms with Gasteiger partial charge in [0.25, 0.3) is 5.91 Å². The molecule has 7 nitrogen and oxygen atoms in total. The number of para-hydroxylation sites is 2. The van der Waals surface area contributed by atoms with Gasteiger partial charge in [-0.25, -0.2) is 0 Å². The van der Waals surface area contributed by atoms with E-state index in [-0.39, 0.29) is 48.2 Å². The van der Waals surface area contributed by atoms with Crippen molar-refractivity contribution in [3.05, 3.63) is 48.3 Å². The van der Waals surface area contributed by atoms with Crippen LogP contribution < -0.4 is 20.7 Å². The maximum absolute atomic E-state index is 12.6. The summed E-state index contributed by atoms with van der Waals surface area (Å²) in [6, 6.07) is 10.8. The molecule has 0 saturated carbocycles. The van der Waals surface area contributed by atoms with E-state index >= 15 is 0 Å². The van der Waals surface area contributed by atoms with E-state index in [0.29, 0.717) is 23.2 Å². The van der Waals surface area contributed by atoms with Crippen molar-refractivity contribution in [3.8, 4) is 11.5 Å². The summed E-state index contributed by atoms with van der Waals surface area (Å²) in [7, 11) is 1.55. The van der Waals surface area contributed by atoms with Crippen molar-refractivity contribution >= 4 is 42.3 Å². The van der Waals surface area contributed by atoms with Crippen molar-refractivity contribution in [1.29, 1.82) is 0 Å². The number of carbonyl (C=O) groups is 2. The Morgan fingerprint density at radius 2 is 1.97 bits per heavy atom. The van der Waals surface area contributed by atoms with Crippen LogP contribution in [0, 0.1) is 5.92 Å². The minimum absolute atomic E-state index is 0. The number of rotatable bonds is 5. The lowest BCUT2D eigenvalue weighted by Crippen LogP contribution is -2.40. The summed E-state index contributed by atoms with van der Waals surface area (Å²) in [5.74, 6) is 0.681. The summed E-state index contributed by atoms with van der Waals surface area (Å²) in [5.41, 5.74) is 0.868. The molecule has 1 aromatic carbocycles. The van der Waals surface area contributed by atoms with Crippen LogP contribution in [0.15, 0.2) is 42.6 Å². The maximum Gasteiger partial charge on any atom is 0.269 e. The Labute approximate surface area is 182 Å². The van der Waals surface area contributed by atoms with Crippen molar-refractivity contribution in [1.82, 2.24) is 15.6 Å². The first-order valence-electron chi connectivity index (χ1n) is 9.06. The Hall–Kier alpha value is -2.35. The third-order valence-corrected chi connectivity index (χ3v) is 4.56. The molecule has 0 bridgehead atoms. The Morgan fingerprint density at radius 3 is 2.69 bits per heavy atom. The van der Waals surface area contributed by atoms with Crippen LogP contribution in [-0.4, -0.2) is 36.4 Å². The lowest BCUT2D eigenvalue weighted by molar-refractivity contribution is -0.120. The summed E-state index contributed by atoms with van der Waals surface area (Å²) in [6.45, 7) is 2.93. The second-order valence-electron chi connectivity index (χ2n) is 6.62. The fraction of sp³-hybridized carbons (Fsp3) is 0.350. The zero-order chi connectivity index (χ0) is 19.2. The highest BCUT2D eigenvalue weighted by molar-refractivity contribution is 5.94. The van der Waals surface area contributed by atoms with Gasteiger partial charge in [-0.3, -0.25) is 14.6 Å². The molecule has 2 amide bonds. The second kappa shape index (κ2) is 11.6. The predicted octanol–water partition coefficient (Wildman–Crippen LogP) is 3.40. The molecule has 1 aromatic heterocycles. The highest BCUT2D eigenvalue weighted by Crippen LogP contribution is 2.30. The lowest BCUT2D eigenvalue weighted by atomic mass is 9.92. The van der Waals surface area contributed by atoms with Crippen LogP contribution in [-0.2, 0) is 4.79 Å². The summed E-state index contributed by atoms with van der Waals surface area (Å²) >= 11 is 0. The molecule has 29 heavy (non-hydrogen) atoms. The highest BCUT2D eigenvalue weighted by Gasteiger charge is 2.25. The van der Waals surface area contributed by atoms with Gasteiger partial charge < -0.3 is 20.7 Å². The van der Waals surface area contributed by atoms with E-state index in [2.05, 4.69) is 27.9 Å². The van der Waals surface area contributed by atoms with Crippen LogP contribution in [0.2, 0.25) is 0 Å². The lowest BCUT2D eigenvalue weighted by Gasteiger charge is -2.27. The largest absolute Gasteiger partial charge is 0.455 e. The van der Waals surface area contributed by atoms with Gasteiger partial charge in [-0.05, 0) is 44.5 Å². The van der Waals surface area contributed by atoms with Crippen LogP contribution in [0.4, 0.5) is 5.69 Å². The molecule has 1 aliphatic heterocycles. The number of hydrogen-bond acceptors (Lipinski definition) is 5. The third-order valence-electron chi connectivity index (χ3n) is 4.56. The Bertz CT molecular complexity index is 835. The molecule has 2 heterocycles. The highest BCUT2D eigenvalue weighted by atomic mass is 35.5. The Balaban J connectivity index is 0.00000210. The molecule has 3 N–H and O–H groups in total. The molecular weight excluding hydrogens is 415 g/mol. The minimum atomic E-state index is -0.290. The van der Waals surface area contributed by atoms with Crippen LogP contribution in [0.1, 0.15) is 30.3 Å². The van der Waals surface area contributed by atoms with Gasteiger partial charge in [0.2, 0.25) is 5.91 Å². The zero-order valence-corrected chi connectivity index (χ0v) is 17.9. The van der Waals surface area contributed by atoms with Crippen molar-refractivity contribution in [3.63, 3.8) is 0 Å². The zero-order valence-electron chi connectivity index (χ0n) is 16.3. The van der Waals surface area contributed by atoms with Crippen molar-refractivity contribution in [2.75, 3.05) is 18.9 Å². The first kappa shape index (κ1) is 24.7. The molecule has 2 atom stereocenters. The first-order chi connectivity index (χ1) is 13.1. The van der Waals surface area contributed by atoms with E-state index in [1.165, 1.54) is 6.20 Å². The molecule has 0 spiro atoms. The molecule has 158 valence electrons. The number of nitrogens with zero attached hydrogens (tertiary/aromatic N) is 1. The number of ether oxygens (including phenoxy) is 1. The van der Waals surface area contributed by atoms with Gasteiger partial charge in [0.1, 0.15) is 11.4 Å². The number of carbonyl (C=O) groups excluding carboxylic acids is 2. The van der Waals surface area contributed by atoms with Crippen LogP contribution >= 0.6 is 24.8 Å². The van der Waals surface area contributed by atoms with Gasteiger partial charge in [-0.2, -0.15) is 0 Å². The van der Waals surface area contributed by atoms with Crippen LogP contribution in [0.25, 0.3) is 0 Å². The summed E-state index contributed by atoms with van der Waals surface area (Å²) < 4.78 is 5.91. The SMILES string of the molecule is CNC(=O)c1cc(Oc2ccccc2NC(=O)[C@H]2CCN[C@@H](C)C2)ccn1.Cl.Cl. The van der Waals surface area contributed by atoms with Gasteiger partial charge >= 0.3 is 0 Å². The number of anilines is 1. The average Bonchev–Trinajstić information content (AvgIpc) is 2.69. The maximum atomic E-state index is 12.6. The molecule has 3 rings (SSSR count). The molecular formula is C20H26Cl2N4O3. The van der Waals surface area contributed by atoms with Gasteiger partial charge in [-0.1, -0.05) is 12.1 Å². The molecule has 9 heteroatoms. The number of nitrogens with one attached hydrogen (secondary N) is 3. The molecule has 0 radical (unpaired) electrons. The number of pyridine rings is 1. The number of piperidine rings is 1. The number of amides is 2. The fourth-order valence-corrected chi connectivity index (χ4v) is 3.12. The first-order valence-corrected chi connectivity index (χ1v) is 9.06. The summed E-state index contributed by atoms with van der Waals surface area (Å²) in [5, 5.41) is 8.86. The summed E-state index contributed by atoms with van der Waals surface area (Å²) in [4.78, 5) is 28.4. The van der Waals surface area contributed by atoms with Crippen LogP contribution in [0.5, 0.6) is 11.5 Å². The molecule has 1 fully saturated rings. The number of hydrogen-bond donors (Lipinski definition) is 3. The van der Waals surface area contributed by atoms with E-state index < -0.39 is 0 Å². The number of halogens is 2. The number of benzene rings is 1. The van der Waals surface area contributed by atoms with E-state index in [0.717, 1.165) is 19.4 Å². The van der Waals surface area contributed by atoms with E-state index in [4.69, 9.17) is 4.74 Å². The Kier molecular flexibility index (Phi) is 9.88. The van der Waals surface area contributed by atoms with Crippen molar-refractivity contribution in [2.24, 2.45) is 5.92 Å². The molecule has 0 unspecified atom stereocenters. The van der Waals surface area contributed by atoms with Gasteiger partial charge in [0.05, 0.1) is 5.69 Å². The smallest absolute Gasteiger partial charge is 0.269 e. The molecule has 1 aliphatic rings. The second-order valence-corrected chi connectivity index (χ2v) is 6.62. The van der Waals surface area contributed by atoms with Gasteiger partial charge in [0, 0.05) is 31.3 Å². The predicted molar refractivity (Wildman–Crippen MR) is 117 cm³/mol.